The SMILES string of the molecule is CC(C)(C)NC(=O)Oc1nc(C(=O)C(=O)Cl)cs1. The number of amides is 1. The molecule has 0 bridgehead atoms. The summed E-state index contributed by atoms with van der Waals surface area (Å²) < 4.78 is 4.85. The van der Waals surface area contributed by atoms with E-state index in [4.69, 9.17) is 16.3 Å². The maximum atomic E-state index is 11.4. The molecule has 1 aromatic heterocycles. The second kappa shape index (κ2) is 5.45. The molecule has 0 fully saturated rings. The van der Waals surface area contributed by atoms with Gasteiger partial charge in [0.05, 0.1) is 0 Å². The van der Waals surface area contributed by atoms with Gasteiger partial charge in [-0.1, -0.05) is 11.3 Å². The number of hydrogen-bond acceptors (Lipinski definition) is 6. The van der Waals surface area contributed by atoms with Crippen LogP contribution in [0.25, 0.3) is 0 Å². The van der Waals surface area contributed by atoms with Crippen molar-refractivity contribution in [2.45, 2.75) is 26.3 Å². The van der Waals surface area contributed by atoms with E-state index in [9.17, 15) is 14.4 Å². The van der Waals surface area contributed by atoms with Crippen LogP contribution in [-0.4, -0.2) is 27.6 Å². The van der Waals surface area contributed by atoms with Crippen LogP contribution in [0.1, 0.15) is 31.3 Å². The average Bonchev–Trinajstić information content (AvgIpc) is 2.61. The zero-order valence-corrected chi connectivity index (χ0v) is 11.5. The fraction of sp³-hybridized carbons (Fsp3) is 0.400. The molecule has 1 rings (SSSR count). The summed E-state index contributed by atoms with van der Waals surface area (Å²) in [5, 5.41) is 2.69. The highest BCUT2D eigenvalue weighted by Gasteiger charge is 2.20. The number of carbonyl (C=O) groups excluding carboxylic acids is 3. The fourth-order valence-electron chi connectivity index (χ4n) is 0.920. The van der Waals surface area contributed by atoms with Crippen molar-refractivity contribution >= 4 is 40.1 Å². The van der Waals surface area contributed by atoms with Crippen LogP contribution in [0.2, 0.25) is 0 Å². The summed E-state index contributed by atoms with van der Waals surface area (Å²) in [6, 6.07) is 0. The van der Waals surface area contributed by atoms with E-state index in [2.05, 4.69) is 10.3 Å². The van der Waals surface area contributed by atoms with E-state index in [1.807, 2.05) is 0 Å². The first-order chi connectivity index (χ1) is 8.19. The van der Waals surface area contributed by atoms with Crippen molar-refractivity contribution in [2.24, 2.45) is 0 Å². The van der Waals surface area contributed by atoms with E-state index in [1.54, 1.807) is 20.8 Å². The van der Waals surface area contributed by atoms with Gasteiger partial charge >= 0.3 is 6.09 Å². The number of Topliss-reactive ketones (excluding diaryl/α,β-unsaturated/α-hetero) is 1. The monoisotopic (exact) mass is 290 g/mol. The molecule has 18 heavy (non-hydrogen) atoms. The molecular weight excluding hydrogens is 280 g/mol. The van der Waals surface area contributed by atoms with Gasteiger partial charge in [-0.05, 0) is 32.4 Å². The lowest BCUT2D eigenvalue weighted by molar-refractivity contribution is -0.108. The Labute approximate surface area is 112 Å². The molecule has 8 heteroatoms. The maximum absolute atomic E-state index is 11.4. The molecule has 1 heterocycles. The molecule has 0 spiro atoms. The van der Waals surface area contributed by atoms with Gasteiger partial charge in [-0.2, -0.15) is 4.98 Å². The van der Waals surface area contributed by atoms with Gasteiger partial charge in [-0.25, -0.2) is 4.79 Å². The minimum atomic E-state index is -1.13. The second-order valence-corrected chi connectivity index (χ2v) is 5.53. The number of thiazole rings is 1. The number of rotatable bonds is 3. The first-order valence-electron chi connectivity index (χ1n) is 4.89. The second-order valence-electron chi connectivity index (χ2n) is 4.37. The Kier molecular flexibility index (Phi) is 4.42. The van der Waals surface area contributed by atoms with Crippen LogP contribution >= 0.6 is 22.9 Å². The minimum absolute atomic E-state index is 0.0296. The Morgan fingerprint density at radius 3 is 2.50 bits per heavy atom. The summed E-state index contributed by atoms with van der Waals surface area (Å²) >= 11 is 5.94. The number of aromatic nitrogens is 1. The van der Waals surface area contributed by atoms with E-state index in [-0.39, 0.29) is 10.9 Å². The average molecular weight is 291 g/mol. The number of ketones is 1. The van der Waals surface area contributed by atoms with Crippen LogP contribution < -0.4 is 10.1 Å². The molecule has 0 aliphatic rings. The highest BCUT2D eigenvalue weighted by atomic mass is 35.5. The van der Waals surface area contributed by atoms with Crippen LogP contribution in [0.5, 0.6) is 5.19 Å². The van der Waals surface area contributed by atoms with Gasteiger partial charge in [0.1, 0.15) is 5.69 Å². The number of nitrogens with one attached hydrogen (secondary N) is 1. The molecule has 0 unspecified atom stereocenters. The standard InChI is InChI=1S/C10H11ClN2O4S/c1-10(2,3)13-8(16)17-9-12-5(4-18-9)6(14)7(11)15/h4H,1-3H3,(H,13,16). The van der Waals surface area contributed by atoms with Crippen LogP contribution in [0.15, 0.2) is 5.38 Å². The Morgan fingerprint density at radius 1 is 1.39 bits per heavy atom. The van der Waals surface area contributed by atoms with Gasteiger partial charge in [0.25, 0.3) is 16.2 Å². The van der Waals surface area contributed by atoms with Crippen molar-refractivity contribution in [3.8, 4) is 5.19 Å². The quantitative estimate of drug-likeness (QED) is 0.522. The topological polar surface area (TPSA) is 85.4 Å². The zero-order chi connectivity index (χ0) is 13.9. The van der Waals surface area contributed by atoms with Crippen LogP contribution in [0.4, 0.5) is 4.79 Å². The summed E-state index contributed by atoms with van der Waals surface area (Å²) in [5.74, 6) is -0.931. The van der Waals surface area contributed by atoms with Gasteiger partial charge in [-0.15, -0.1) is 0 Å². The summed E-state index contributed by atoms with van der Waals surface area (Å²) in [4.78, 5) is 36.9. The zero-order valence-electron chi connectivity index (χ0n) is 9.94. The summed E-state index contributed by atoms with van der Waals surface area (Å²) in [5.41, 5.74) is -0.586. The molecule has 0 radical (unpaired) electrons. The smallest absolute Gasteiger partial charge is 0.381 e. The highest BCUT2D eigenvalue weighted by Crippen LogP contribution is 2.19. The minimum Gasteiger partial charge on any atom is -0.381 e. The Bertz CT molecular complexity index is 492. The van der Waals surface area contributed by atoms with Crippen LogP contribution in [-0.2, 0) is 4.79 Å². The highest BCUT2D eigenvalue weighted by molar-refractivity contribution is 7.11. The van der Waals surface area contributed by atoms with E-state index < -0.39 is 22.7 Å². The molecule has 0 aromatic carbocycles. The molecule has 6 nitrogen and oxygen atoms in total. The molecular formula is C10H11ClN2O4S. The summed E-state index contributed by atoms with van der Waals surface area (Å²) in [6.45, 7) is 5.37. The van der Waals surface area contributed by atoms with Crippen LogP contribution in [0.3, 0.4) is 0 Å². The van der Waals surface area contributed by atoms with Crippen molar-refractivity contribution in [1.82, 2.24) is 10.3 Å². The molecule has 0 atom stereocenters. The Morgan fingerprint density at radius 2 is 2.00 bits per heavy atom. The van der Waals surface area contributed by atoms with Crippen molar-refractivity contribution in [1.29, 1.82) is 0 Å². The first-order valence-corrected chi connectivity index (χ1v) is 6.14. The predicted octanol–water partition coefficient (Wildman–Crippen LogP) is 1.98. The molecule has 0 aliphatic carbocycles. The third-order valence-electron chi connectivity index (χ3n) is 1.55. The van der Waals surface area contributed by atoms with E-state index in [0.717, 1.165) is 11.3 Å². The van der Waals surface area contributed by atoms with Crippen molar-refractivity contribution in [2.75, 3.05) is 0 Å². The van der Waals surface area contributed by atoms with Crippen molar-refractivity contribution in [3.63, 3.8) is 0 Å². The van der Waals surface area contributed by atoms with E-state index >= 15 is 0 Å². The number of halogens is 1. The van der Waals surface area contributed by atoms with Gasteiger partial charge in [0.2, 0.25) is 0 Å². The lowest BCUT2D eigenvalue weighted by atomic mass is 10.1. The largest absolute Gasteiger partial charge is 0.414 e. The number of ether oxygens (including phenoxy) is 1. The number of hydrogen-bond donors (Lipinski definition) is 1. The molecule has 0 saturated carbocycles. The molecule has 1 aromatic rings. The van der Waals surface area contributed by atoms with E-state index in [1.165, 1.54) is 5.38 Å². The Balaban J connectivity index is 2.68. The first kappa shape index (κ1) is 14.6. The lowest BCUT2D eigenvalue weighted by Gasteiger charge is -2.18. The van der Waals surface area contributed by atoms with Crippen molar-refractivity contribution in [3.05, 3.63) is 11.1 Å². The molecule has 0 aliphatic heterocycles. The van der Waals surface area contributed by atoms with E-state index in [0.29, 0.717) is 0 Å². The number of nitrogens with zero attached hydrogens (tertiary/aromatic N) is 1. The molecule has 98 valence electrons. The van der Waals surface area contributed by atoms with Gasteiger partial charge in [-0.3, -0.25) is 9.59 Å². The fourth-order valence-corrected chi connectivity index (χ4v) is 1.66. The van der Waals surface area contributed by atoms with Crippen molar-refractivity contribution < 1.29 is 19.1 Å². The van der Waals surface area contributed by atoms with Gasteiger partial charge in [0.15, 0.2) is 0 Å². The third-order valence-corrected chi connectivity index (χ3v) is 2.44. The third kappa shape index (κ3) is 4.42. The molecule has 1 N–H and O–H groups in total. The van der Waals surface area contributed by atoms with Gasteiger partial charge in [0, 0.05) is 10.9 Å². The van der Waals surface area contributed by atoms with Gasteiger partial charge < -0.3 is 10.1 Å². The molecule has 0 saturated heterocycles. The normalized spacial score (nSPS) is 10.9. The summed E-state index contributed by atoms with van der Waals surface area (Å²) in [7, 11) is 0. The number of carbonyl (C=O) groups is 3. The van der Waals surface area contributed by atoms with Crippen LogP contribution in [0, 0.1) is 0 Å². The maximum Gasteiger partial charge on any atom is 0.414 e. The molecule has 1 amide bonds. The predicted molar refractivity (Wildman–Crippen MR) is 66.2 cm³/mol. The Hall–Kier alpha value is -1.47. The summed E-state index contributed by atoms with van der Waals surface area (Å²) in [6.07, 6.45) is -0.687. The lowest BCUT2D eigenvalue weighted by Crippen LogP contribution is -2.42.